The Morgan fingerprint density at radius 1 is 0.245 bits per heavy atom. The molecule has 0 amide bonds. The van der Waals surface area contributed by atoms with E-state index in [0.29, 0.717) is 11.8 Å². The minimum atomic E-state index is 0.680. The van der Waals surface area contributed by atoms with Crippen molar-refractivity contribution in [3.63, 3.8) is 0 Å². The van der Waals surface area contributed by atoms with Crippen LogP contribution in [0.25, 0.3) is 68.6 Å². The third-order valence-corrected chi connectivity index (χ3v) is 29.6. The summed E-state index contributed by atoms with van der Waals surface area (Å²) in [4.78, 5) is 38.2. The fourth-order valence-electron chi connectivity index (χ4n) is 14.7. The molecule has 0 aliphatic rings. The van der Waals surface area contributed by atoms with E-state index in [-0.39, 0.29) is 0 Å². The van der Waals surface area contributed by atoms with Gasteiger partial charge in [0.25, 0.3) is 0 Å². The fourth-order valence-corrected chi connectivity index (χ4v) is 23.8. The Balaban J connectivity index is 1.15. The molecule has 0 N–H and O–H groups in total. The summed E-state index contributed by atoms with van der Waals surface area (Å²) < 4.78 is 0. The van der Waals surface area contributed by atoms with Crippen molar-refractivity contribution in [3.8, 4) is 49.3 Å². The highest BCUT2D eigenvalue weighted by Gasteiger charge is 2.28. The number of thiophene rings is 4. The minimum Gasteiger partial charge on any atom is -0.222 e. The maximum atomic E-state index is 5.68. The topological polar surface area (TPSA) is 51.6 Å². The summed E-state index contributed by atoms with van der Waals surface area (Å²) in [6, 6.07) is 10.3. The van der Waals surface area contributed by atoms with Crippen molar-refractivity contribution in [2.45, 2.75) is 352 Å². The van der Waals surface area contributed by atoms with E-state index in [1.807, 2.05) is 90.7 Å². The van der Waals surface area contributed by atoms with Gasteiger partial charge in [-0.3, -0.25) is 0 Å². The lowest BCUT2D eigenvalue weighted by Crippen LogP contribution is -2.05. The summed E-state index contributed by atoms with van der Waals surface area (Å²) in [6.45, 7) is 23.4. The van der Waals surface area contributed by atoms with Crippen molar-refractivity contribution in [3.05, 3.63) is 56.3 Å². The van der Waals surface area contributed by atoms with E-state index in [9.17, 15) is 0 Å². The van der Waals surface area contributed by atoms with Crippen LogP contribution in [0.1, 0.15) is 344 Å². The van der Waals surface area contributed by atoms with Crippen LogP contribution in [0.5, 0.6) is 0 Å². The molecule has 8 aromatic rings. The molecule has 12 heteroatoms. The van der Waals surface area contributed by atoms with Crippen LogP contribution in [0.15, 0.2) is 24.3 Å². The van der Waals surface area contributed by atoms with Crippen molar-refractivity contribution in [1.29, 1.82) is 0 Å². The molecule has 0 spiro atoms. The van der Waals surface area contributed by atoms with Crippen molar-refractivity contribution in [2.24, 2.45) is 23.7 Å². The van der Waals surface area contributed by atoms with E-state index in [2.05, 4.69) is 93.5 Å². The Morgan fingerprint density at radius 3 is 0.723 bits per heavy atom. The number of aromatic nitrogens is 4. The molecule has 8 aromatic heterocycles. The number of fused-ring (bicyclic) bond motifs is 2. The molecule has 0 aliphatic heterocycles. The smallest absolute Gasteiger partial charge is 0.155 e. The number of thiazole rings is 4. The second-order valence-electron chi connectivity index (χ2n) is 28.7. The first-order valence-electron chi connectivity index (χ1n) is 39.1. The summed E-state index contributed by atoms with van der Waals surface area (Å²) in [5, 5.41) is 4.73. The lowest BCUT2D eigenvalue weighted by molar-refractivity contribution is 0.403. The number of hydrogen-bond acceptors (Lipinski definition) is 12. The molecule has 4 atom stereocenters. The Labute approximate surface area is 605 Å². The van der Waals surface area contributed by atoms with Crippen molar-refractivity contribution in [1.82, 2.24) is 19.9 Å². The largest absolute Gasteiger partial charge is 0.222 e. The van der Waals surface area contributed by atoms with E-state index in [4.69, 9.17) is 19.9 Å². The van der Waals surface area contributed by atoms with E-state index in [1.54, 1.807) is 0 Å². The van der Waals surface area contributed by atoms with Crippen LogP contribution in [0.4, 0.5) is 0 Å². The molecule has 0 fully saturated rings. The highest BCUT2D eigenvalue weighted by atomic mass is 32.1. The molecule has 522 valence electrons. The van der Waals surface area contributed by atoms with Gasteiger partial charge >= 0.3 is 0 Å². The Morgan fingerprint density at radius 2 is 0.457 bits per heavy atom. The molecule has 0 saturated heterocycles. The molecule has 0 saturated carbocycles. The van der Waals surface area contributed by atoms with E-state index in [0.717, 1.165) is 44.0 Å². The van der Waals surface area contributed by atoms with Crippen LogP contribution in [0.2, 0.25) is 0 Å². The van der Waals surface area contributed by atoms with Crippen LogP contribution in [0, 0.1) is 37.5 Å². The molecule has 0 radical (unpaired) electrons. The van der Waals surface area contributed by atoms with Crippen LogP contribution < -0.4 is 0 Å². The second-order valence-corrected chi connectivity index (χ2v) is 37.3. The second kappa shape index (κ2) is 43.5. The average molecular weight is 1420 g/mol. The SMILES string of the molecule is CCCCCCCCC(CCCCCC)Cc1cc(C)sc1-c1nc2sc(-c3sc(-c4cc(CC(CCCC)CCCCCC)c(-c5nc6sc(-c7sc(C)cc7CC(CCCC)CCCCCC)nc6s5)s4)cc3CC(CCCCCC)CCCCCCCC)nc2s1. The summed E-state index contributed by atoms with van der Waals surface area (Å²) in [6.07, 6.45) is 58.3. The molecule has 4 unspecified atom stereocenters. The number of hydrogen-bond donors (Lipinski definition) is 0. The molecule has 94 heavy (non-hydrogen) atoms. The van der Waals surface area contributed by atoms with Crippen molar-refractivity contribution in [2.75, 3.05) is 0 Å². The maximum Gasteiger partial charge on any atom is 0.155 e. The van der Waals surface area contributed by atoms with Gasteiger partial charge in [-0.2, -0.15) is 0 Å². The minimum absolute atomic E-state index is 0.680. The molecule has 0 aromatic carbocycles. The Bertz CT molecular complexity index is 3250. The first-order valence-corrected chi connectivity index (χ1v) is 45.6. The summed E-state index contributed by atoms with van der Waals surface area (Å²) in [5.41, 5.74) is 6.10. The van der Waals surface area contributed by atoms with Gasteiger partial charge in [0, 0.05) is 19.5 Å². The number of rotatable bonds is 53. The van der Waals surface area contributed by atoms with Crippen LogP contribution in [-0.2, 0) is 25.7 Å². The lowest BCUT2D eigenvalue weighted by atomic mass is 9.88. The zero-order chi connectivity index (χ0) is 66.3. The first kappa shape index (κ1) is 77.6. The molecular formula is C82H126N4S8. The van der Waals surface area contributed by atoms with Crippen LogP contribution in [0.3, 0.4) is 0 Å². The molecule has 0 bridgehead atoms. The van der Waals surface area contributed by atoms with Gasteiger partial charge in [-0.1, -0.05) is 358 Å². The predicted octanol–water partition coefficient (Wildman–Crippen LogP) is 31.4. The summed E-state index contributed by atoms with van der Waals surface area (Å²) in [7, 11) is 0. The molecule has 8 heterocycles. The third-order valence-electron chi connectivity index (χ3n) is 20.2. The molecule has 4 nitrogen and oxygen atoms in total. The van der Waals surface area contributed by atoms with Gasteiger partial charge in [0.05, 0.1) is 19.5 Å². The van der Waals surface area contributed by atoms with Gasteiger partial charge in [-0.05, 0) is 110 Å². The highest BCUT2D eigenvalue weighted by molar-refractivity contribution is 7.34. The number of nitrogens with zero attached hydrogens (tertiary/aromatic N) is 4. The number of aryl methyl sites for hydroxylation is 2. The number of unbranched alkanes of at least 4 members (excludes halogenated alkanes) is 24. The van der Waals surface area contributed by atoms with Gasteiger partial charge in [-0.15, -0.1) is 45.3 Å². The first-order chi connectivity index (χ1) is 46.1. The fraction of sp³-hybridized carbons (Fsp3) is 0.707. The normalized spacial score (nSPS) is 13.4. The summed E-state index contributed by atoms with van der Waals surface area (Å²) in [5.74, 6) is 2.86. The summed E-state index contributed by atoms with van der Waals surface area (Å²) >= 11 is 15.4. The molecule has 0 aliphatic carbocycles. The van der Waals surface area contributed by atoms with Gasteiger partial charge in [0.2, 0.25) is 0 Å². The van der Waals surface area contributed by atoms with Gasteiger partial charge in [0.15, 0.2) is 19.3 Å². The van der Waals surface area contributed by atoms with Crippen LogP contribution >= 0.6 is 90.7 Å². The highest BCUT2D eigenvalue weighted by Crippen LogP contribution is 2.51. The van der Waals surface area contributed by atoms with Gasteiger partial charge < -0.3 is 0 Å². The third kappa shape index (κ3) is 24.6. The van der Waals surface area contributed by atoms with Gasteiger partial charge in [0.1, 0.15) is 20.0 Å². The average Bonchev–Trinajstić information content (AvgIpc) is 1.62. The standard InChI is InChI=1S/C82H126N4S8/c1-11-19-27-33-35-41-49-63(47-39-31-23-15-5)54-66-52-60(10)88-72(66)76-84-80-82(92-76)86-78(94-80)74-68(56-64(48-40-32-24-16-6)50-42-36-34-28-20-12-2)58-70(90-74)69-57-67(55-62(44-26-18-8)46-38-30-22-14-4)73(89-69)77-85-81-79(93-77)83-75(91-81)71-65(51-59(9)87-71)53-61(43-25-17-7)45-37-29-21-13-3/h51-52,57-58,61-64H,11-50,53-56H2,1-10H3. The zero-order valence-electron chi connectivity index (χ0n) is 60.8. The molecule has 8 rings (SSSR count). The van der Waals surface area contributed by atoms with E-state index in [1.165, 1.54) is 351 Å². The van der Waals surface area contributed by atoms with E-state index >= 15 is 0 Å². The van der Waals surface area contributed by atoms with Crippen molar-refractivity contribution >= 4 is 110 Å². The maximum absolute atomic E-state index is 5.68. The predicted molar refractivity (Wildman–Crippen MR) is 431 cm³/mol. The lowest BCUT2D eigenvalue weighted by Gasteiger charge is -2.17. The van der Waals surface area contributed by atoms with Crippen LogP contribution in [-0.4, -0.2) is 19.9 Å². The monoisotopic (exact) mass is 1420 g/mol. The quantitative estimate of drug-likeness (QED) is 0.0357. The zero-order valence-corrected chi connectivity index (χ0v) is 67.3. The van der Waals surface area contributed by atoms with Crippen molar-refractivity contribution < 1.29 is 0 Å². The van der Waals surface area contributed by atoms with E-state index < -0.39 is 0 Å². The molecular weight excluding hydrogens is 1300 g/mol. The Kier molecular flexibility index (Phi) is 35.9. The van der Waals surface area contributed by atoms with Gasteiger partial charge in [-0.25, -0.2) is 19.9 Å². The Hall–Kier alpha value is -2.16.